The summed E-state index contributed by atoms with van der Waals surface area (Å²) in [5.41, 5.74) is 6.89. The Morgan fingerprint density at radius 3 is 2.33 bits per heavy atom. The number of rotatable bonds is 9. The monoisotopic (exact) mass is 289 g/mol. The molecule has 0 radical (unpaired) electrons. The zero-order valence-corrected chi connectivity index (χ0v) is 14.2. The molecule has 0 heterocycles. The van der Waals surface area contributed by atoms with Gasteiger partial charge in [-0.3, -0.25) is 0 Å². The van der Waals surface area contributed by atoms with Gasteiger partial charge < -0.3 is 10.5 Å². The summed E-state index contributed by atoms with van der Waals surface area (Å²) in [7, 11) is 1.66. The van der Waals surface area contributed by atoms with E-state index in [0.717, 1.165) is 17.6 Å². The first-order valence-corrected chi connectivity index (χ1v) is 7.51. The van der Waals surface area contributed by atoms with Gasteiger partial charge in [0, 0.05) is 7.11 Å². The van der Waals surface area contributed by atoms with Crippen molar-refractivity contribution in [2.45, 2.75) is 39.7 Å². The Kier molecular flexibility index (Phi) is 8.72. The molecule has 0 saturated heterocycles. The molecule has 0 saturated carbocycles. The molecule has 118 valence electrons. The standard InChI is InChI=1S/C19H31NO/c1-8-10-11-19(21-7,12-13-20)17(6)16(5)14-18(9-2)15(3)4/h8,10-15,18H,1,6,9,20H2,2-5,7H3/b11-10-,13-12-,16-14-. The van der Waals surface area contributed by atoms with Gasteiger partial charge in [-0.2, -0.15) is 0 Å². The lowest BCUT2D eigenvalue weighted by Gasteiger charge is -2.29. The fourth-order valence-corrected chi connectivity index (χ4v) is 2.38. The van der Waals surface area contributed by atoms with E-state index in [1.807, 2.05) is 18.2 Å². The minimum absolute atomic E-state index is 0.529. The largest absolute Gasteiger partial charge is 0.405 e. The maximum absolute atomic E-state index is 5.70. The Morgan fingerprint density at radius 1 is 1.33 bits per heavy atom. The molecule has 0 fully saturated rings. The van der Waals surface area contributed by atoms with Crippen molar-refractivity contribution < 1.29 is 4.74 Å². The molecular formula is C19H31NO. The quantitative estimate of drug-likeness (QED) is 0.620. The van der Waals surface area contributed by atoms with Crippen LogP contribution in [0, 0.1) is 11.8 Å². The van der Waals surface area contributed by atoms with Crippen LogP contribution >= 0.6 is 0 Å². The molecule has 2 N–H and O–H groups in total. The average molecular weight is 289 g/mol. The lowest BCUT2D eigenvalue weighted by Crippen LogP contribution is -2.29. The second-order valence-corrected chi connectivity index (χ2v) is 5.60. The summed E-state index contributed by atoms with van der Waals surface area (Å²) in [6, 6.07) is 0. The third-order valence-corrected chi connectivity index (χ3v) is 3.90. The second-order valence-electron chi connectivity index (χ2n) is 5.60. The van der Waals surface area contributed by atoms with Crippen LogP contribution < -0.4 is 5.73 Å². The van der Waals surface area contributed by atoms with Crippen molar-refractivity contribution in [3.63, 3.8) is 0 Å². The summed E-state index contributed by atoms with van der Waals surface area (Å²) in [6.45, 7) is 16.7. The van der Waals surface area contributed by atoms with Crippen LogP contribution in [0.5, 0.6) is 0 Å². The van der Waals surface area contributed by atoms with Crippen LogP contribution in [0.1, 0.15) is 34.1 Å². The summed E-state index contributed by atoms with van der Waals surface area (Å²) >= 11 is 0. The molecule has 0 aliphatic carbocycles. The summed E-state index contributed by atoms with van der Waals surface area (Å²) in [6.07, 6.45) is 12.2. The molecule has 0 aliphatic heterocycles. The molecule has 0 aromatic carbocycles. The Labute approximate surface area is 130 Å². The first-order chi connectivity index (χ1) is 9.88. The van der Waals surface area contributed by atoms with E-state index in [2.05, 4.69) is 46.9 Å². The Balaban J connectivity index is 5.61. The van der Waals surface area contributed by atoms with Gasteiger partial charge in [0.15, 0.2) is 0 Å². The van der Waals surface area contributed by atoms with Crippen molar-refractivity contribution in [2.75, 3.05) is 7.11 Å². The van der Waals surface area contributed by atoms with Gasteiger partial charge in [0.25, 0.3) is 0 Å². The summed E-state index contributed by atoms with van der Waals surface area (Å²) in [4.78, 5) is 0. The molecule has 2 heteroatoms. The predicted octanol–water partition coefficient (Wildman–Crippen LogP) is 4.77. The minimum Gasteiger partial charge on any atom is -0.405 e. The third-order valence-electron chi connectivity index (χ3n) is 3.90. The van der Waals surface area contributed by atoms with Crippen molar-refractivity contribution in [3.05, 3.63) is 60.9 Å². The Bertz CT molecular complexity index is 429. The fraction of sp³-hybridized carbons (Fsp3) is 0.474. The maximum atomic E-state index is 5.70. The van der Waals surface area contributed by atoms with Crippen LogP contribution in [0.3, 0.4) is 0 Å². The summed E-state index contributed by atoms with van der Waals surface area (Å²) in [5.74, 6) is 1.13. The van der Waals surface area contributed by atoms with E-state index in [-0.39, 0.29) is 0 Å². The summed E-state index contributed by atoms with van der Waals surface area (Å²) < 4.78 is 5.70. The van der Waals surface area contributed by atoms with Crippen molar-refractivity contribution >= 4 is 0 Å². The van der Waals surface area contributed by atoms with Crippen LogP contribution in [0.15, 0.2) is 60.9 Å². The molecule has 0 aromatic rings. The topological polar surface area (TPSA) is 35.2 Å². The lowest BCUT2D eigenvalue weighted by molar-refractivity contribution is 0.107. The highest BCUT2D eigenvalue weighted by Crippen LogP contribution is 2.31. The zero-order chi connectivity index (χ0) is 16.5. The van der Waals surface area contributed by atoms with Gasteiger partial charge in [-0.05, 0) is 54.7 Å². The average Bonchev–Trinajstić information content (AvgIpc) is 2.47. The number of hydrogen-bond donors (Lipinski definition) is 1. The van der Waals surface area contributed by atoms with Crippen LogP contribution in [-0.4, -0.2) is 12.7 Å². The Morgan fingerprint density at radius 2 is 1.95 bits per heavy atom. The first kappa shape index (κ1) is 19.5. The van der Waals surface area contributed by atoms with E-state index in [1.54, 1.807) is 13.2 Å². The highest BCUT2D eigenvalue weighted by Gasteiger charge is 2.28. The first-order valence-electron chi connectivity index (χ1n) is 7.51. The normalized spacial score (nSPS) is 17.3. The number of methoxy groups -OCH3 is 1. The van der Waals surface area contributed by atoms with E-state index < -0.39 is 5.60 Å². The van der Waals surface area contributed by atoms with Gasteiger partial charge >= 0.3 is 0 Å². The van der Waals surface area contributed by atoms with Crippen LogP contribution in [0.4, 0.5) is 0 Å². The van der Waals surface area contributed by atoms with E-state index in [4.69, 9.17) is 10.5 Å². The van der Waals surface area contributed by atoms with E-state index >= 15 is 0 Å². The SMILES string of the molecule is C=C/C=C\C(/C=C\N)(OC)C(=C)/C(C)=C\C(CC)C(C)C. The summed E-state index contributed by atoms with van der Waals surface area (Å²) in [5, 5.41) is 0. The van der Waals surface area contributed by atoms with Crippen LogP contribution in [0.2, 0.25) is 0 Å². The number of ether oxygens (including phenoxy) is 1. The zero-order valence-electron chi connectivity index (χ0n) is 14.2. The molecule has 0 amide bonds. The number of allylic oxidation sites excluding steroid dienone is 3. The van der Waals surface area contributed by atoms with Gasteiger partial charge in [-0.25, -0.2) is 0 Å². The van der Waals surface area contributed by atoms with Gasteiger partial charge in [-0.1, -0.05) is 52.2 Å². The van der Waals surface area contributed by atoms with Gasteiger partial charge in [0.1, 0.15) is 5.60 Å². The van der Waals surface area contributed by atoms with E-state index in [0.29, 0.717) is 11.8 Å². The fourth-order valence-electron chi connectivity index (χ4n) is 2.38. The van der Waals surface area contributed by atoms with Crippen molar-refractivity contribution in [1.82, 2.24) is 0 Å². The van der Waals surface area contributed by atoms with Crippen LogP contribution in [0.25, 0.3) is 0 Å². The highest BCUT2D eigenvalue weighted by molar-refractivity contribution is 5.44. The second kappa shape index (κ2) is 9.41. The maximum Gasteiger partial charge on any atom is 0.131 e. The predicted molar refractivity (Wildman–Crippen MR) is 93.9 cm³/mol. The molecule has 0 aromatic heterocycles. The van der Waals surface area contributed by atoms with Crippen molar-refractivity contribution in [1.29, 1.82) is 0 Å². The molecule has 0 aliphatic rings. The molecule has 0 rings (SSSR count). The molecule has 2 nitrogen and oxygen atoms in total. The molecule has 21 heavy (non-hydrogen) atoms. The van der Waals surface area contributed by atoms with Crippen molar-refractivity contribution in [3.8, 4) is 0 Å². The molecular weight excluding hydrogens is 258 g/mol. The molecule has 0 spiro atoms. The van der Waals surface area contributed by atoms with Gasteiger partial charge in [0.2, 0.25) is 0 Å². The van der Waals surface area contributed by atoms with E-state index in [9.17, 15) is 0 Å². The highest BCUT2D eigenvalue weighted by atomic mass is 16.5. The van der Waals surface area contributed by atoms with Gasteiger partial charge in [0.05, 0.1) is 0 Å². The molecule has 2 atom stereocenters. The third kappa shape index (κ3) is 5.39. The van der Waals surface area contributed by atoms with E-state index in [1.165, 1.54) is 6.20 Å². The van der Waals surface area contributed by atoms with Gasteiger partial charge in [-0.15, -0.1) is 0 Å². The molecule has 0 bridgehead atoms. The number of hydrogen-bond acceptors (Lipinski definition) is 2. The Hall–Kier alpha value is -1.54. The number of nitrogens with two attached hydrogens (primary N) is 1. The molecule has 2 unspecified atom stereocenters. The van der Waals surface area contributed by atoms with Crippen LogP contribution in [-0.2, 0) is 4.74 Å². The minimum atomic E-state index is -0.723. The smallest absolute Gasteiger partial charge is 0.131 e. The van der Waals surface area contributed by atoms with Crippen molar-refractivity contribution in [2.24, 2.45) is 17.6 Å². The lowest BCUT2D eigenvalue weighted by atomic mass is 9.84.